The molecule has 0 heterocycles. The molecule has 0 saturated heterocycles. The van der Waals surface area contributed by atoms with Gasteiger partial charge in [0, 0.05) is 24.4 Å². The lowest BCUT2D eigenvalue weighted by molar-refractivity contribution is -0.140. The lowest BCUT2D eigenvalue weighted by atomic mass is 9.98. The number of benzene rings is 1. The van der Waals surface area contributed by atoms with Gasteiger partial charge in [0.05, 0.1) is 0 Å². The van der Waals surface area contributed by atoms with Crippen molar-refractivity contribution in [2.75, 3.05) is 12.8 Å². The predicted octanol–water partition coefficient (Wildman–Crippen LogP) is 2.52. The number of rotatable bonds is 7. The molecule has 2 N–H and O–H groups in total. The van der Waals surface area contributed by atoms with Crippen molar-refractivity contribution in [1.29, 1.82) is 0 Å². The summed E-state index contributed by atoms with van der Waals surface area (Å²) in [6.07, 6.45) is 4.87. The maximum Gasteiger partial charge on any atom is 0.408 e. The molecule has 0 aliphatic heterocycles. The monoisotopic (exact) mass is 433 g/mol. The van der Waals surface area contributed by atoms with E-state index in [0.29, 0.717) is 11.1 Å². The fourth-order valence-electron chi connectivity index (χ4n) is 2.76. The van der Waals surface area contributed by atoms with Crippen LogP contribution in [0.4, 0.5) is 4.79 Å². The summed E-state index contributed by atoms with van der Waals surface area (Å²) in [5, 5.41) is 5.34. The first kappa shape index (κ1) is 25.4. The number of hydrogen-bond acceptors (Lipinski definition) is 5. The quantitative estimate of drug-likeness (QED) is 0.455. The Morgan fingerprint density at radius 1 is 1.20 bits per heavy atom. The van der Waals surface area contributed by atoms with Gasteiger partial charge in [-0.25, -0.2) is 4.79 Å². The van der Waals surface area contributed by atoms with Gasteiger partial charge < -0.3 is 20.3 Å². The molecule has 3 amide bonds. The number of amides is 3. The van der Waals surface area contributed by atoms with E-state index in [-0.39, 0.29) is 17.7 Å². The molecule has 0 aliphatic carbocycles. The minimum atomic E-state index is -0.986. The molecule has 7 nitrogen and oxygen atoms in total. The highest BCUT2D eigenvalue weighted by Crippen LogP contribution is 2.24. The molecule has 2 unspecified atom stereocenters. The van der Waals surface area contributed by atoms with E-state index in [1.165, 1.54) is 11.9 Å². The number of alkyl carbamates (subject to hydrolysis) is 1. The Morgan fingerprint density at radius 2 is 1.80 bits per heavy atom. The van der Waals surface area contributed by atoms with Crippen LogP contribution in [0.3, 0.4) is 0 Å². The molecule has 164 valence electrons. The van der Waals surface area contributed by atoms with Crippen LogP contribution in [0.5, 0.6) is 0 Å². The highest BCUT2D eigenvalue weighted by Gasteiger charge is 2.34. The predicted molar refractivity (Wildman–Crippen MR) is 120 cm³/mol. The van der Waals surface area contributed by atoms with Gasteiger partial charge in [0.2, 0.25) is 11.8 Å². The van der Waals surface area contributed by atoms with E-state index in [1.807, 2.05) is 13.8 Å². The first-order valence-corrected chi connectivity index (χ1v) is 10.3. The van der Waals surface area contributed by atoms with Crippen LogP contribution in [-0.2, 0) is 14.3 Å². The molecule has 0 bridgehead atoms. The summed E-state index contributed by atoms with van der Waals surface area (Å²) in [6.45, 7) is 8.81. The lowest BCUT2D eigenvalue weighted by Crippen LogP contribution is -2.53. The minimum Gasteiger partial charge on any atom is -0.444 e. The fraction of sp³-hybridized carbons (Fsp3) is 0.500. The van der Waals surface area contributed by atoms with Crippen molar-refractivity contribution >= 4 is 30.5 Å². The van der Waals surface area contributed by atoms with Crippen LogP contribution < -0.4 is 10.6 Å². The number of carbonyl (C=O) groups is 3. The van der Waals surface area contributed by atoms with Crippen molar-refractivity contribution in [3.8, 4) is 12.3 Å². The molecule has 0 aliphatic rings. The van der Waals surface area contributed by atoms with Crippen LogP contribution in [0.15, 0.2) is 24.3 Å². The Bertz CT molecular complexity index is 811. The second-order valence-electron chi connectivity index (χ2n) is 8.13. The Kier molecular flexibility index (Phi) is 9.24. The number of ether oxygens (including phenoxy) is 1. The SMILES string of the molecule is C#Cc1ccccc1C(C(=O)NC(C)C)N(C)C(=O)C(CS)NC(=O)OC(C)(C)C. The average Bonchev–Trinajstić information content (AvgIpc) is 2.64. The summed E-state index contributed by atoms with van der Waals surface area (Å²) < 4.78 is 5.22. The first-order valence-electron chi connectivity index (χ1n) is 9.64. The molecule has 30 heavy (non-hydrogen) atoms. The lowest BCUT2D eigenvalue weighted by Gasteiger charge is -2.32. The molecule has 0 spiro atoms. The van der Waals surface area contributed by atoms with Crippen LogP contribution in [-0.4, -0.2) is 53.3 Å². The zero-order valence-corrected chi connectivity index (χ0v) is 19.2. The third kappa shape index (κ3) is 7.30. The highest BCUT2D eigenvalue weighted by atomic mass is 32.1. The van der Waals surface area contributed by atoms with Gasteiger partial charge in [-0.15, -0.1) is 6.42 Å². The molecule has 1 aromatic carbocycles. The molecule has 8 heteroatoms. The third-order valence-corrected chi connectivity index (χ3v) is 4.36. The number of hydrogen-bond donors (Lipinski definition) is 3. The van der Waals surface area contributed by atoms with Gasteiger partial charge in [0.15, 0.2) is 0 Å². The Balaban J connectivity index is 3.22. The fourth-order valence-corrected chi connectivity index (χ4v) is 3.01. The van der Waals surface area contributed by atoms with Crippen molar-refractivity contribution < 1.29 is 19.1 Å². The van der Waals surface area contributed by atoms with Crippen LogP contribution in [0.1, 0.15) is 51.8 Å². The number of likely N-dealkylation sites (N-methyl/N-ethyl adjacent to an activating group) is 1. The third-order valence-electron chi connectivity index (χ3n) is 4.00. The second kappa shape index (κ2) is 10.9. The topological polar surface area (TPSA) is 87.7 Å². The van der Waals surface area contributed by atoms with Crippen LogP contribution in [0.25, 0.3) is 0 Å². The standard InChI is InChI=1S/C22H31N3O4S/c1-8-15-11-9-10-12-16(15)18(19(26)23-14(2)3)25(7)20(27)17(13-30)24-21(28)29-22(4,5)6/h1,9-12,14,17-18,30H,13H2,2-7H3,(H,23,26)(H,24,28). The number of nitrogens with zero attached hydrogens (tertiary/aromatic N) is 1. The molecule has 1 aromatic rings. The zero-order chi connectivity index (χ0) is 23.1. The summed E-state index contributed by atoms with van der Waals surface area (Å²) in [5.74, 6) is 1.71. The number of nitrogens with one attached hydrogen (secondary N) is 2. The second-order valence-corrected chi connectivity index (χ2v) is 8.49. The van der Waals surface area contributed by atoms with E-state index in [4.69, 9.17) is 11.2 Å². The molecule has 0 aromatic heterocycles. The van der Waals surface area contributed by atoms with Gasteiger partial charge in [0.1, 0.15) is 17.7 Å². The molecular weight excluding hydrogens is 402 g/mol. The summed E-state index contributed by atoms with van der Waals surface area (Å²) in [5.41, 5.74) is 0.304. The summed E-state index contributed by atoms with van der Waals surface area (Å²) in [4.78, 5) is 39.5. The zero-order valence-electron chi connectivity index (χ0n) is 18.4. The van der Waals surface area contributed by atoms with E-state index in [1.54, 1.807) is 45.0 Å². The number of terminal acetylenes is 1. The van der Waals surface area contributed by atoms with Crippen molar-refractivity contribution in [3.63, 3.8) is 0 Å². The van der Waals surface area contributed by atoms with Gasteiger partial charge in [-0.05, 0) is 46.2 Å². The van der Waals surface area contributed by atoms with Gasteiger partial charge >= 0.3 is 6.09 Å². The number of carbonyl (C=O) groups excluding carboxylic acids is 3. The van der Waals surface area contributed by atoms with Crippen molar-refractivity contribution in [2.24, 2.45) is 0 Å². The molecule has 0 fully saturated rings. The first-order chi connectivity index (χ1) is 13.9. The Hall–Kier alpha value is -2.66. The van der Waals surface area contributed by atoms with E-state index >= 15 is 0 Å². The van der Waals surface area contributed by atoms with Crippen molar-refractivity contribution in [2.45, 2.75) is 58.3 Å². The van der Waals surface area contributed by atoms with Crippen molar-refractivity contribution in [1.82, 2.24) is 15.5 Å². The van der Waals surface area contributed by atoms with Crippen LogP contribution >= 0.6 is 12.6 Å². The molecule has 1 rings (SSSR count). The Morgan fingerprint density at radius 3 is 2.30 bits per heavy atom. The molecular formula is C22H31N3O4S. The van der Waals surface area contributed by atoms with Gasteiger partial charge in [-0.2, -0.15) is 12.6 Å². The smallest absolute Gasteiger partial charge is 0.408 e. The maximum atomic E-state index is 13.2. The average molecular weight is 434 g/mol. The van der Waals surface area contributed by atoms with Crippen LogP contribution in [0, 0.1) is 12.3 Å². The van der Waals surface area contributed by atoms with Crippen LogP contribution in [0.2, 0.25) is 0 Å². The summed E-state index contributed by atoms with van der Waals surface area (Å²) in [7, 11) is 1.49. The normalized spacial score (nSPS) is 13.0. The molecule has 0 radical (unpaired) electrons. The van der Waals surface area contributed by atoms with Gasteiger partial charge in [0.25, 0.3) is 0 Å². The number of thiol groups is 1. The minimum absolute atomic E-state index is 0.0255. The van der Waals surface area contributed by atoms with E-state index in [2.05, 4.69) is 29.2 Å². The highest BCUT2D eigenvalue weighted by molar-refractivity contribution is 7.80. The molecule has 2 atom stereocenters. The van der Waals surface area contributed by atoms with Crippen molar-refractivity contribution in [3.05, 3.63) is 35.4 Å². The van der Waals surface area contributed by atoms with E-state index in [9.17, 15) is 14.4 Å². The van der Waals surface area contributed by atoms with Gasteiger partial charge in [-0.3, -0.25) is 9.59 Å². The Labute approximate surface area is 184 Å². The van der Waals surface area contributed by atoms with Gasteiger partial charge in [-0.1, -0.05) is 24.1 Å². The largest absolute Gasteiger partial charge is 0.444 e. The maximum absolute atomic E-state index is 13.2. The summed E-state index contributed by atoms with van der Waals surface area (Å²) >= 11 is 4.19. The van der Waals surface area contributed by atoms with E-state index < -0.39 is 29.7 Å². The summed E-state index contributed by atoms with van der Waals surface area (Å²) in [6, 6.07) is 4.83. The van der Waals surface area contributed by atoms with E-state index in [0.717, 1.165) is 0 Å². The molecule has 0 saturated carbocycles.